The van der Waals surface area contributed by atoms with Gasteiger partial charge in [-0.1, -0.05) is 44.2 Å². The fourth-order valence-corrected chi connectivity index (χ4v) is 2.14. The topological polar surface area (TPSA) is 32.3 Å². The summed E-state index contributed by atoms with van der Waals surface area (Å²) in [7, 11) is 3.99. The lowest BCUT2D eigenvalue weighted by molar-refractivity contribution is 0.0952. The minimum absolute atomic E-state index is 0.00181. The van der Waals surface area contributed by atoms with Gasteiger partial charge in [0.25, 0.3) is 5.91 Å². The van der Waals surface area contributed by atoms with Crippen LogP contribution in [0.3, 0.4) is 0 Å². The first kappa shape index (κ1) is 17.2. The van der Waals surface area contributed by atoms with E-state index in [2.05, 4.69) is 18.3 Å². The summed E-state index contributed by atoms with van der Waals surface area (Å²) >= 11 is 0. The Hall–Kier alpha value is -1.87. The molecule has 0 radical (unpaired) electrons. The number of carbonyl (C=O) groups excluding carboxylic acids is 1. The number of rotatable bonds is 4. The van der Waals surface area contributed by atoms with Crippen molar-refractivity contribution in [2.75, 3.05) is 27.2 Å². The molecule has 0 aliphatic rings. The molecule has 0 saturated heterocycles. The highest BCUT2D eigenvalue weighted by Gasteiger charge is 2.10. The highest BCUT2D eigenvalue weighted by atomic mass is 16.1. The van der Waals surface area contributed by atoms with E-state index in [4.69, 9.17) is 0 Å². The van der Waals surface area contributed by atoms with E-state index in [0.29, 0.717) is 6.54 Å². The van der Waals surface area contributed by atoms with Crippen molar-refractivity contribution in [3.8, 4) is 0 Å². The fraction of sp³-hybridized carbons (Fsp3) is 0.389. The van der Waals surface area contributed by atoms with Crippen LogP contribution in [0, 0.1) is 6.92 Å². The standard InChI is InChI=1S/C16H20N2O.C2H6/c1-12-8-9-15(14-7-5-4-6-13(12)14)16(19)17-10-11-18(2)3;1-2/h4-9H,10-11H2,1-3H3,(H,17,19);1-2H3. The van der Waals surface area contributed by atoms with Gasteiger partial charge < -0.3 is 10.2 Å². The molecule has 0 aromatic heterocycles. The average Bonchev–Trinajstić information content (AvgIpc) is 2.49. The van der Waals surface area contributed by atoms with Crippen LogP contribution in [0.2, 0.25) is 0 Å². The van der Waals surface area contributed by atoms with Gasteiger partial charge in [0.05, 0.1) is 0 Å². The Labute approximate surface area is 128 Å². The molecule has 2 rings (SSSR count). The molecule has 0 saturated carbocycles. The normalized spacial score (nSPS) is 10.2. The van der Waals surface area contributed by atoms with Crippen LogP contribution in [-0.2, 0) is 0 Å². The second-order valence-electron chi connectivity index (χ2n) is 5.03. The summed E-state index contributed by atoms with van der Waals surface area (Å²) in [6.45, 7) is 7.57. The molecule has 21 heavy (non-hydrogen) atoms. The molecule has 0 spiro atoms. The predicted octanol–water partition coefficient (Wildman–Crippen LogP) is 3.47. The lowest BCUT2D eigenvalue weighted by atomic mass is 10.00. The summed E-state index contributed by atoms with van der Waals surface area (Å²) < 4.78 is 0. The summed E-state index contributed by atoms with van der Waals surface area (Å²) in [6, 6.07) is 11.9. The molecule has 1 amide bonds. The van der Waals surface area contributed by atoms with Gasteiger partial charge >= 0.3 is 0 Å². The molecule has 0 aliphatic heterocycles. The zero-order valence-electron chi connectivity index (χ0n) is 13.7. The second-order valence-corrected chi connectivity index (χ2v) is 5.03. The van der Waals surface area contributed by atoms with Gasteiger partial charge in [-0.2, -0.15) is 0 Å². The van der Waals surface area contributed by atoms with Crippen molar-refractivity contribution in [2.24, 2.45) is 0 Å². The molecule has 3 nitrogen and oxygen atoms in total. The van der Waals surface area contributed by atoms with Gasteiger partial charge in [0.15, 0.2) is 0 Å². The van der Waals surface area contributed by atoms with Crippen molar-refractivity contribution in [1.82, 2.24) is 10.2 Å². The predicted molar refractivity (Wildman–Crippen MR) is 90.9 cm³/mol. The first-order valence-corrected chi connectivity index (χ1v) is 7.51. The third-order valence-corrected chi connectivity index (χ3v) is 3.23. The zero-order valence-corrected chi connectivity index (χ0v) is 13.7. The molecule has 0 atom stereocenters. The Kier molecular flexibility index (Phi) is 6.89. The molecule has 0 heterocycles. The van der Waals surface area contributed by atoms with E-state index in [1.807, 2.05) is 63.2 Å². The minimum Gasteiger partial charge on any atom is -0.351 e. The van der Waals surface area contributed by atoms with E-state index < -0.39 is 0 Å². The van der Waals surface area contributed by atoms with Crippen molar-refractivity contribution in [2.45, 2.75) is 20.8 Å². The summed E-state index contributed by atoms with van der Waals surface area (Å²) in [5, 5.41) is 5.12. The fourth-order valence-electron chi connectivity index (χ4n) is 2.14. The number of likely N-dealkylation sites (N-methyl/N-ethyl adjacent to an activating group) is 1. The number of nitrogens with zero attached hydrogens (tertiary/aromatic N) is 1. The number of amides is 1. The van der Waals surface area contributed by atoms with Crippen molar-refractivity contribution < 1.29 is 4.79 Å². The third kappa shape index (κ3) is 4.57. The van der Waals surface area contributed by atoms with Crippen LogP contribution in [0.15, 0.2) is 36.4 Å². The maximum Gasteiger partial charge on any atom is 0.251 e. The molecule has 0 unspecified atom stereocenters. The molecular weight excluding hydrogens is 260 g/mol. The van der Waals surface area contributed by atoms with Gasteiger partial charge in [-0.15, -0.1) is 0 Å². The van der Waals surface area contributed by atoms with E-state index in [0.717, 1.165) is 22.9 Å². The van der Waals surface area contributed by atoms with E-state index in [-0.39, 0.29) is 5.91 Å². The smallest absolute Gasteiger partial charge is 0.251 e. The zero-order chi connectivity index (χ0) is 15.8. The number of benzene rings is 2. The van der Waals surface area contributed by atoms with Crippen molar-refractivity contribution in [3.63, 3.8) is 0 Å². The van der Waals surface area contributed by atoms with Gasteiger partial charge in [0.1, 0.15) is 0 Å². The Morgan fingerprint density at radius 3 is 2.29 bits per heavy atom. The van der Waals surface area contributed by atoms with Gasteiger partial charge in [0.2, 0.25) is 0 Å². The quantitative estimate of drug-likeness (QED) is 0.933. The summed E-state index contributed by atoms with van der Waals surface area (Å²) in [5.41, 5.74) is 1.94. The molecule has 2 aromatic rings. The number of aryl methyl sites for hydroxylation is 1. The summed E-state index contributed by atoms with van der Waals surface area (Å²) in [5.74, 6) is -0.00181. The minimum atomic E-state index is -0.00181. The van der Waals surface area contributed by atoms with Gasteiger partial charge in [0, 0.05) is 18.7 Å². The molecule has 0 bridgehead atoms. The number of nitrogens with one attached hydrogen (secondary N) is 1. The Bertz CT molecular complexity index is 591. The largest absolute Gasteiger partial charge is 0.351 e. The Balaban J connectivity index is 0.00000106. The molecule has 3 heteroatoms. The van der Waals surface area contributed by atoms with Crippen LogP contribution < -0.4 is 5.32 Å². The lowest BCUT2D eigenvalue weighted by Crippen LogP contribution is -2.31. The first-order valence-electron chi connectivity index (χ1n) is 7.51. The van der Waals surface area contributed by atoms with Crippen molar-refractivity contribution >= 4 is 16.7 Å². The van der Waals surface area contributed by atoms with Crippen molar-refractivity contribution in [3.05, 3.63) is 47.5 Å². The van der Waals surface area contributed by atoms with E-state index in [1.165, 1.54) is 5.56 Å². The number of hydrogen-bond donors (Lipinski definition) is 1. The Morgan fingerprint density at radius 2 is 1.67 bits per heavy atom. The highest BCUT2D eigenvalue weighted by molar-refractivity contribution is 6.07. The van der Waals surface area contributed by atoms with Crippen LogP contribution in [0.4, 0.5) is 0 Å². The van der Waals surface area contributed by atoms with E-state index >= 15 is 0 Å². The van der Waals surface area contributed by atoms with Gasteiger partial charge in [-0.3, -0.25) is 4.79 Å². The molecule has 0 aliphatic carbocycles. The van der Waals surface area contributed by atoms with Crippen LogP contribution in [0.1, 0.15) is 29.8 Å². The Morgan fingerprint density at radius 1 is 1.05 bits per heavy atom. The average molecular weight is 286 g/mol. The third-order valence-electron chi connectivity index (χ3n) is 3.23. The molecule has 1 N–H and O–H groups in total. The van der Waals surface area contributed by atoms with Gasteiger partial charge in [-0.25, -0.2) is 0 Å². The molecule has 114 valence electrons. The second kappa shape index (κ2) is 8.42. The summed E-state index contributed by atoms with van der Waals surface area (Å²) in [6.07, 6.45) is 0. The number of carbonyl (C=O) groups is 1. The number of fused-ring (bicyclic) bond motifs is 1. The van der Waals surface area contributed by atoms with E-state index in [9.17, 15) is 4.79 Å². The summed E-state index contributed by atoms with van der Waals surface area (Å²) in [4.78, 5) is 14.3. The maximum atomic E-state index is 12.2. The maximum absolute atomic E-state index is 12.2. The van der Waals surface area contributed by atoms with Crippen LogP contribution in [0.5, 0.6) is 0 Å². The van der Waals surface area contributed by atoms with Crippen molar-refractivity contribution in [1.29, 1.82) is 0 Å². The molecular formula is C18H26N2O. The molecule has 0 fully saturated rings. The molecule has 2 aromatic carbocycles. The lowest BCUT2D eigenvalue weighted by Gasteiger charge is -2.12. The number of hydrogen-bond acceptors (Lipinski definition) is 2. The van der Waals surface area contributed by atoms with E-state index in [1.54, 1.807) is 0 Å². The SMILES string of the molecule is CC.Cc1ccc(C(=O)NCCN(C)C)c2ccccc12. The van der Waals surface area contributed by atoms with Crippen LogP contribution in [0.25, 0.3) is 10.8 Å². The van der Waals surface area contributed by atoms with Crippen LogP contribution >= 0.6 is 0 Å². The monoisotopic (exact) mass is 286 g/mol. The van der Waals surface area contributed by atoms with Crippen LogP contribution in [-0.4, -0.2) is 38.0 Å². The highest BCUT2D eigenvalue weighted by Crippen LogP contribution is 2.22. The van der Waals surface area contributed by atoms with Gasteiger partial charge in [-0.05, 0) is 43.4 Å². The first-order chi connectivity index (χ1) is 10.1.